The van der Waals surface area contributed by atoms with Gasteiger partial charge in [0.2, 0.25) is 0 Å². The van der Waals surface area contributed by atoms with Crippen LogP contribution in [0.5, 0.6) is 0 Å². The molecule has 2 aromatic rings. The number of nitrogens with zero attached hydrogens (tertiary/aromatic N) is 1. The van der Waals surface area contributed by atoms with Gasteiger partial charge in [-0.05, 0) is 36.2 Å². The van der Waals surface area contributed by atoms with Crippen LogP contribution in [0.15, 0.2) is 42.7 Å². The van der Waals surface area contributed by atoms with Gasteiger partial charge in [-0.2, -0.15) is 13.2 Å². The first-order chi connectivity index (χ1) is 9.36. The van der Waals surface area contributed by atoms with E-state index in [0.717, 1.165) is 17.7 Å². The van der Waals surface area contributed by atoms with Crippen molar-refractivity contribution in [3.05, 3.63) is 65.0 Å². The maximum atomic E-state index is 12.4. The van der Waals surface area contributed by atoms with Crippen LogP contribution in [-0.2, 0) is 12.6 Å². The van der Waals surface area contributed by atoms with Crippen molar-refractivity contribution >= 4 is 5.78 Å². The fourth-order valence-electron chi connectivity index (χ4n) is 1.81. The van der Waals surface area contributed by atoms with E-state index >= 15 is 0 Å². The van der Waals surface area contributed by atoms with Gasteiger partial charge in [0, 0.05) is 24.4 Å². The van der Waals surface area contributed by atoms with Crippen molar-refractivity contribution in [1.29, 1.82) is 0 Å². The Bertz CT molecular complexity index is 618. The SMILES string of the molecule is Cc1cncc(C(=O)Cc2ccc(C(F)(F)F)cc2)c1. The molecule has 0 unspecified atom stereocenters. The normalized spacial score (nSPS) is 11.4. The average Bonchev–Trinajstić information content (AvgIpc) is 2.38. The lowest BCUT2D eigenvalue weighted by atomic mass is 10.0. The molecule has 2 rings (SSSR count). The van der Waals surface area contributed by atoms with Crippen LogP contribution in [0.2, 0.25) is 0 Å². The molecule has 0 saturated carbocycles. The molecule has 0 aliphatic carbocycles. The van der Waals surface area contributed by atoms with Crippen LogP contribution in [0.4, 0.5) is 13.2 Å². The predicted molar refractivity (Wildman–Crippen MR) is 68.5 cm³/mol. The molecule has 0 aliphatic rings. The fourth-order valence-corrected chi connectivity index (χ4v) is 1.81. The highest BCUT2D eigenvalue weighted by atomic mass is 19.4. The van der Waals surface area contributed by atoms with Crippen LogP contribution in [0.1, 0.15) is 27.0 Å². The van der Waals surface area contributed by atoms with Crippen molar-refractivity contribution in [1.82, 2.24) is 4.98 Å². The summed E-state index contributed by atoms with van der Waals surface area (Å²) < 4.78 is 37.2. The van der Waals surface area contributed by atoms with Gasteiger partial charge < -0.3 is 0 Å². The van der Waals surface area contributed by atoms with Crippen molar-refractivity contribution in [2.24, 2.45) is 0 Å². The Labute approximate surface area is 114 Å². The van der Waals surface area contributed by atoms with Gasteiger partial charge in [0.05, 0.1) is 5.56 Å². The third-order valence-corrected chi connectivity index (χ3v) is 2.84. The zero-order valence-electron chi connectivity index (χ0n) is 10.7. The van der Waals surface area contributed by atoms with E-state index in [2.05, 4.69) is 4.98 Å². The number of carbonyl (C=O) groups is 1. The highest BCUT2D eigenvalue weighted by Crippen LogP contribution is 2.29. The first-order valence-electron chi connectivity index (χ1n) is 5.97. The van der Waals surface area contributed by atoms with Crippen molar-refractivity contribution < 1.29 is 18.0 Å². The molecule has 0 radical (unpaired) electrons. The number of carbonyl (C=O) groups excluding carboxylic acids is 1. The topological polar surface area (TPSA) is 30.0 Å². The van der Waals surface area contributed by atoms with Gasteiger partial charge in [0.15, 0.2) is 5.78 Å². The summed E-state index contributed by atoms with van der Waals surface area (Å²) in [5.74, 6) is -0.166. The summed E-state index contributed by atoms with van der Waals surface area (Å²) in [6, 6.07) is 6.32. The molecule has 0 atom stereocenters. The predicted octanol–water partition coefficient (Wildman–Crippen LogP) is 3.83. The fraction of sp³-hybridized carbons (Fsp3) is 0.200. The van der Waals surface area contributed by atoms with Crippen LogP contribution in [0.25, 0.3) is 0 Å². The number of pyridine rings is 1. The number of hydrogen-bond acceptors (Lipinski definition) is 2. The van der Waals surface area contributed by atoms with E-state index in [1.54, 1.807) is 12.3 Å². The monoisotopic (exact) mass is 279 g/mol. The standard InChI is InChI=1S/C15H12F3NO/c1-10-6-12(9-19-8-10)14(20)7-11-2-4-13(5-3-11)15(16,17)18/h2-6,8-9H,7H2,1H3. The number of Topliss-reactive ketones (excluding diaryl/α,β-unsaturated/α-hetero) is 1. The number of rotatable bonds is 3. The first kappa shape index (κ1) is 14.2. The second-order valence-electron chi connectivity index (χ2n) is 4.55. The summed E-state index contributed by atoms with van der Waals surface area (Å²) in [7, 11) is 0. The molecule has 1 heterocycles. The van der Waals surface area contributed by atoms with Gasteiger partial charge in [0.25, 0.3) is 0 Å². The lowest BCUT2D eigenvalue weighted by molar-refractivity contribution is -0.137. The molecular weight excluding hydrogens is 267 g/mol. The van der Waals surface area contributed by atoms with E-state index < -0.39 is 11.7 Å². The molecule has 104 valence electrons. The van der Waals surface area contributed by atoms with Crippen LogP contribution in [-0.4, -0.2) is 10.8 Å². The Hall–Kier alpha value is -2.17. The molecule has 1 aromatic carbocycles. The van der Waals surface area contributed by atoms with E-state index in [-0.39, 0.29) is 12.2 Å². The van der Waals surface area contributed by atoms with E-state index in [9.17, 15) is 18.0 Å². The Kier molecular flexibility index (Phi) is 3.88. The summed E-state index contributed by atoms with van der Waals surface area (Å²) in [6.45, 7) is 1.82. The number of alkyl halides is 3. The summed E-state index contributed by atoms with van der Waals surface area (Å²) in [6.07, 6.45) is -1.21. The van der Waals surface area contributed by atoms with Crippen LogP contribution in [0, 0.1) is 6.92 Å². The maximum absolute atomic E-state index is 12.4. The zero-order valence-corrected chi connectivity index (χ0v) is 10.7. The molecule has 2 nitrogen and oxygen atoms in total. The molecular formula is C15H12F3NO. The van der Waals surface area contributed by atoms with Crippen LogP contribution < -0.4 is 0 Å². The number of ketones is 1. The summed E-state index contributed by atoms with van der Waals surface area (Å²) in [5, 5.41) is 0. The van der Waals surface area contributed by atoms with Crippen molar-refractivity contribution in [3.63, 3.8) is 0 Å². The van der Waals surface area contributed by atoms with Gasteiger partial charge in [0.1, 0.15) is 0 Å². The highest BCUT2D eigenvalue weighted by molar-refractivity contribution is 5.97. The van der Waals surface area contributed by atoms with Gasteiger partial charge >= 0.3 is 6.18 Å². The first-order valence-corrected chi connectivity index (χ1v) is 5.97. The second kappa shape index (κ2) is 5.45. The number of aromatic nitrogens is 1. The Morgan fingerprint density at radius 2 is 1.80 bits per heavy atom. The van der Waals surface area contributed by atoms with Gasteiger partial charge in [-0.25, -0.2) is 0 Å². The van der Waals surface area contributed by atoms with Crippen LogP contribution in [0.3, 0.4) is 0 Å². The molecule has 0 fully saturated rings. The second-order valence-corrected chi connectivity index (χ2v) is 4.55. The van der Waals surface area contributed by atoms with E-state index in [1.165, 1.54) is 18.3 Å². The largest absolute Gasteiger partial charge is 0.416 e. The molecule has 0 spiro atoms. The summed E-state index contributed by atoms with van der Waals surface area (Å²) >= 11 is 0. The number of aryl methyl sites for hydroxylation is 1. The van der Waals surface area contributed by atoms with Crippen LogP contribution >= 0.6 is 0 Å². The van der Waals surface area contributed by atoms with E-state index in [1.807, 2.05) is 6.92 Å². The minimum Gasteiger partial charge on any atom is -0.294 e. The lowest BCUT2D eigenvalue weighted by Gasteiger charge is -2.07. The number of benzene rings is 1. The third-order valence-electron chi connectivity index (χ3n) is 2.84. The highest BCUT2D eigenvalue weighted by Gasteiger charge is 2.29. The van der Waals surface area contributed by atoms with E-state index in [4.69, 9.17) is 0 Å². The average molecular weight is 279 g/mol. The quantitative estimate of drug-likeness (QED) is 0.799. The maximum Gasteiger partial charge on any atom is 0.416 e. The minimum absolute atomic E-state index is 0.0588. The Morgan fingerprint density at radius 3 is 2.35 bits per heavy atom. The molecule has 0 amide bonds. The molecule has 0 aliphatic heterocycles. The number of hydrogen-bond donors (Lipinski definition) is 0. The molecule has 0 saturated heterocycles. The third kappa shape index (κ3) is 3.44. The van der Waals surface area contributed by atoms with Crippen molar-refractivity contribution in [2.75, 3.05) is 0 Å². The van der Waals surface area contributed by atoms with Crippen molar-refractivity contribution in [3.8, 4) is 0 Å². The molecule has 20 heavy (non-hydrogen) atoms. The molecule has 0 N–H and O–H groups in total. The minimum atomic E-state index is -4.36. The summed E-state index contributed by atoms with van der Waals surface area (Å²) in [4.78, 5) is 15.9. The Morgan fingerprint density at radius 1 is 1.15 bits per heavy atom. The van der Waals surface area contributed by atoms with Gasteiger partial charge in [-0.15, -0.1) is 0 Å². The lowest BCUT2D eigenvalue weighted by Crippen LogP contribution is -2.07. The van der Waals surface area contributed by atoms with Gasteiger partial charge in [-0.1, -0.05) is 12.1 Å². The zero-order chi connectivity index (χ0) is 14.8. The smallest absolute Gasteiger partial charge is 0.294 e. The van der Waals surface area contributed by atoms with Gasteiger partial charge in [-0.3, -0.25) is 9.78 Å². The molecule has 1 aromatic heterocycles. The Balaban J connectivity index is 2.12. The van der Waals surface area contributed by atoms with E-state index in [0.29, 0.717) is 11.1 Å². The number of halogens is 3. The molecule has 5 heteroatoms. The van der Waals surface area contributed by atoms with Crippen molar-refractivity contribution in [2.45, 2.75) is 19.5 Å². The molecule has 0 bridgehead atoms. The summed E-state index contributed by atoms with van der Waals surface area (Å²) in [5.41, 5.74) is 1.16.